The second kappa shape index (κ2) is 5.42. The molecule has 0 aliphatic heterocycles. The summed E-state index contributed by atoms with van der Waals surface area (Å²) >= 11 is 0. The number of benzene rings is 1. The van der Waals surface area contributed by atoms with E-state index in [1.807, 2.05) is 19.2 Å². The van der Waals surface area contributed by atoms with Crippen molar-refractivity contribution in [2.45, 2.75) is 0 Å². The highest BCUT2D eigenvalue weighted by atomic mass is 16.6. The lowest BCUT2D eigenvalue weighted by molar-refractivity contribution is -0.384. The molecule has 1 aromatic carbocycles. The van der Waals surface area contributed by atoms with Gasteiger partial charge in [-0.25, -0.2) is 4.98 Å². The Morgan fingerprint density at radius 1 is 1.28 bits per heavy atom. The zero-order valence-electron chi connectivity index (χ0n) is 10.0. The Morgan fingerprint density at radius 3 is 2.83 bits per heavy atom. The summed E-state index contributed by atoms with van der Waals surface area (Å²) in [6, 6.07) is 8.31. The van der Waals surface area contributed by atoms with Crippen LogP contribution in [0.3, 0.4) is 0 Å². The Labute approximate surface area is 104 Å². The predicted octanol–water partition coefficient (Wildman–Crippen LogP) is 1.77. The molecule has 1 aromatic heterocycles. The Kier molecular flexibility index (Phi) is 3.69. The van der Waals surface area contributed by atoms with Gasteiger partial charge < -0.3 is 10.6 Å². The Morgan fingerprint density at radius 2 is 2.11 bits per heavy atom. The normalized spacial score (nSPS) is 10.5. The number of rotatable bonds is 5. The monoisotopic (exact) mass is 246 g/mol. The molecule has 6 heteroatoms. The zero-order valence-corrected chi connectivity index (χ0v) is 10.0. The van der Waals surface area contributed by atoms with Crippen molar-refractivity contribution in [2.24, 2.45) is 0 Å². The van der Waals surface area contributed by atoms with Crippen LogP contribution < -0.4 is 10.6 Å². The smallest absolute Gasteiger partial charge is 0.270 e. The maximum absolute atomic E-state index is 10.7. The predicted molar refractivity (Wildman–Crippen MR) is 70.8 cm³/mol. The lowest BCUT2D eigenvalue weighted by Gasteiger charge is -2.06. The average molecular weight is 246 g/mol. The summed E-state index contributed by atoms with van der Waals surface area (Å²) in [6.45, 7) is 1.63. The van der Waals surface area contributed by atoms with Gasteiger partial charge in [0.25, 0.3) is 5.69 Å². The molecule has 0 amide bonds. The van der Waals surface area contributed by atoms with Crippen LogP contribution in [0.1, 0.15) is 0 Å². The Bertz CT molecular complexity index is 571. The Hall–Kier alpha value is -2.21. The number of aromatic nitrogens is 1. The van der Waals surface area contributed by atoms with Crippen molar-refractivity contribution in [2.75, 3.05) is 25.5 Å². The van der Waals surface area contributed by atoms with E-state index in [4.69, 9.17) is 0 Å². The summed E-state index contributed by atoms with van der Waals surface area (Å²) < 4.78 is 0. The van der Waals surface area contributed by atoms with Gasteiger partial charge in [0.05, 0.1) is 10.4 Å². The number of hydrogen-bond donors (Lipinski definition) is 2. The van der Waals surface area contributed by atoms with Crippen LogP contribution in [0.15, 0.2) is 30.3 Å². The third kappa shape index (κ3) is 2.72. The minimum absolute atomic E-state index is 0.0835. The van der Waals surface area contributed by atoms with Gasteiger partial charge in [-0.2, -0.15) is 0 Å². The molecule has 0 saturated heterocycles. The number of hydrogen-bond acceptors (Lipinski definition) is 5. The molecule has 0 bridgehead atoms. The number of nitrogens with zero attached hydrogens (tertiary/aromatic N) is 2. The van der Waals surface area contributed by atoms with Gasteiger partial charge >= 0.3 is 0 Å². The number of nitro groups is 1. The summed E-state index contributed by atoms with van der Waals surface area (Å²) in [7, 11) is 1.88. The molecular weight excluding hydrogens is 232 g/mol. The van der Waals surface area contributed by atoms with Crippen LogP contribution in [0, 0.1) is 10.1 Å². The largest absolute Gasteiger partial charge is 0.369 e. The average Bonchev–Trinajstić information content (AvgIpc) is 2.38. The molecule has 94 valence electrons. The molecule has 0 aliphatic carbocycles. The Balaban J connectivity index is 2.24. The van der Waals surface area contributed by atoms with E-state index in [1.54, 1.807) is 6.07 Å². The van der Waals surface area contributed by atoms with Crippen molar-refractivity contribution in [3.05, 3.63) is 40.4 Å². The van der Waals surface area contributed by atoms with Crippen molar-refractivity contribution in [3.63, 3.8) is 0 Å². The van der Waals surface area contributed by atoms with Crippen molar-refractivity contribution >= 4 is 22.4 Å². The van der Waals surface area contributed by atoms with Gasteiger partial charge in [0.15, 0.2) is 0 Å². The van der Waals surface area contributed by atoms with Gasteiger partial charge in [0, 0.05) is 30.6 Å². The molecule has 0 fully saturated rings. The lowest BCUT2D eigenvalue weighted by Crippen LogP contribution is -2.18. The van der Waals surface area contributed by atoms with Crippen LogP contribution in [0.2, 0.25) is 0 Å². The molecular formula is C12H14N4O2. The molecule has 2 aromatic rings. The summed E-state index contributed by atoms with van der Waals surface area (Å²) in [5, 5.41) is 17.6. The molecule has 2 rings (SSSR count). The molecule has 1 heterocycles. The minimum atomic E-state index is -0.404. The molecule has 0 radical (unpaired) electrons. The number of fused-ring (bicyclic) bond motifs is 1. The minimum Gasteiger partial charge on any atom is -0.369 e. The van der Waals surface area contributed by atoms with E-state index in [-0.39, 0.29) is 5.69 Å². The van der Waals surface area contributed by atoms with E-state index in [0.29, 0.717) is 0 Å². The number of non-ortho nitro benzene ring substituents is 1. The number of likely N-dealkylation sites (N-methyl/N-ethyl adjacent to an activating group) is 1. The molecule has 0 atom stereocenters. The number of nitro benzene ring substituents is 1. The van der Waals surface area contributed by atoms with E-state index in [0.717, 1.165) is 29.8 Å². The van der Waals surface area contributed by atoms with Crippen LogP contribution in [0.25, 0.3) is 10.9 Å². The maximum atomic E-state index is 10.7. The maximum Gasteiger partial charge on any atom is 0.270 e. The van der Waals surface area contributed by atoms with Crippen LogP contribution in [0.5, 0.6) is 0 Å². The van der Waals surface area contributed by atoms with E-state index in [9.17, 15) is 10.1 Å². The van der Waals surface area contributed by atoms with E-state index in [1.165, 1.54) is 12.1 Å². The topological polar surface area (TPSA) is 80.1 Å². The van der Waals surface area contributed by atoms with Gasteiger partial charge in [-0.3, -0.25) is 10.1 Å². The highest BCUT2D eigenvalue weighted by Gasteiger charge is 2.06. The quantitative estimate of drug-likeness (QED) is 0.477. The van der Waals surface area contributed by atoms with Crippen molar-refractivity contribution in [3.8, 4) is 0 Å². The SMILES string of the molecule is CNCCNc1ccc2cc([N+](=O)[O-])ccc2n1. The van der Waals surface area contributed by atoms with Gasteiger partial charge in [0.2, 0.25) is 0 Å². The summed E-state index contributed by atoms with van der Waals surface area (Å²) in [6.07, 6.45) is 0. The standard InChI is InChI=1S/C12H14N4O2/c1-13-6-7-14-12-5-2-9-8-10(16(17)18)3-4-11(9)15-12/h2-5,8,13H,6-7H2,1H3,(H,14,15). The third-order valence-corrected chi connectivity index (χ3v) is 2.56. The molecule has 0 saturated carbocycles. The number of pyridine rings is 1. The number of anilines is 1. The van der Waals surface area contributed by atoms with Crippen molar-refractivity contribution in [1.82, 2.24) is 10.3 Å². The molecule has 2 N–H and O–H groups in total. The van der Waals surface area contributed by atoms with Gasteiger partial charge in [-0.1, -0.05) is 0 Å². The first-order valence-corrected chi connectivity index (χ1v) is 5.64. The van der Waals surface area contributed by atoms with E-state index < -0.39 is 4.92 Å². The first kappa shape index (κ1) is 12.3. The van der Waals surface area contributed by atoms with Crippen LogP contribution in [-0.4, -0.2) is 30.0 Å². The van der Waals surface area contributed by atoms with Crippen molar-refractivity contribution in [1.29, 1.82) is 0 Å². The summed E-state index contributed by atoms with van der Waals surface area (Å²) in [4.78, 5) is 14.6. The van der Waals surface area contributed by atoms with Gasteiger partial charge in [-0.05, 0) is 25.2 Å². The highest BCUT2D eigenvalue weighted by molar-refractivity contribution is 5.82. The molecule has 0 spiro atoms. The third-order valence-electron chi connectivity index (χ3n) is 2.56. The lowest BCUT2D eigenvalue weighted by atomic mass is 10.2. The first-order chi connectivity index (χ1) is 8.70. The summed E-state index contributed by atoms with van der Waals surface area (Å²) in [5.41, 5.74) is 0.829. The van der Waals surface area contributed by atoms with Gasteiger partial charge in [-0.15, -0.1) is 0 Å². The summed E-state index contributed by atoms with van der Waals surface area (Å²) in [5.74, 6) is 0.770. The molecule has 0 unspecified atom stereocenters. The molecule has 0 aliphatic rings. The molecule has 18 heavy (non-hydrogen) atoms. The van der Waals surface area contributed by atoms with Crippen LogP contribution in [-0.2, 0) is 0 Å². The van der Waals surface area contributed by atoms with E-state index in [2.05, 4.69) is 15.6 Å². The fraction of sp³-hybridized carbons (Fsp3) is 0.250. The zero-order chi connectivity index (χ0) is 13.0. The second-order valence-electron chi connectivity index (χ2n) is 3.86. The molecule has 6 nitrogen and oxygen atoms in total. The number of nitrogens with one attached hydrogen (secondary N) is 2. The van der Waals surface area contributed by atoms with E-state index >= 15 is 0 Å². The highest BCUT2D eigenvalue weighted by Crippen LogP contribution is 2.20. The van der Waals surface area contributed by atoms with Gasteiger partial charge in [0.1, 0.15) is 5.82 Å². The van der Waals surface area contributed by atoms with Crippen LogP contribution >= 0.6 is 0 Å². The first-order valence-electron chi connectivity index (χ1n) is 5.64. The van der Waals surface area contributed by atoms with Crippen LogP contribution in [0.4, 0.5) is 11.5 Å². The fourth-order valence-corrected chi connectivity index (χ4v) is 1.64. The van der Waals surface area contributed by atoms with Crippen molar-refractivity contribution < 1.29 is 4.92 Å². The second-order valence-corrected chi connectivity index (χ2v) is 3.86. The fourth-order valence-electron chi connectivity index (χ4n) is 1.64.